The van der Waals surface area contributed by atoms with Crippen LogP contribution in [0.5, 0.6) is 0 Å². The fourth-order valence-electron chi connectivity index (χ4n) is 2.29. The molecule has 0 aliphatic rings. The van der Waals surface area contributed by atoms with E-state index >= 15 is 0 Å². The molecule has 3 rings (SSSR count). The smallest absolute Gasteiger partial charge is 0.255 e. The molecule has 0 saturated carbocycles. The summed E-state index contributed by atoms with van der Waals surface area (Å²) in [4.78, 5) is 19.4. The Hall–Kier alpha value is -3.15. The van der Waals surface area contributed by atoms with E-state index in [4.69, 9.17) is 0 Å². The van der Waals surface area contributed by atoms with Crippen LogP contribution in [0.4, 0.5) is 21.7 Å². The normalized spacial score (nSPS) is 10.4. The third-order valence-electron chi connectivity index (χ3n) is 3.59. The lowest BCUT2D eigenvalue weighted by Gasteiger charge is -2.11. The SMILES string of the molecule is Cc1ccc(NC(=O)c2cccc(CF)c2)cc1Nc1ncc[nH]1. The van der Waals surface area contributed by atoms with Crippen LogP contribution in [0.15, 0.2) is 54.9 Å². The van der Waals surface area contributed by atoms with E-state index in [2.05, 4.69) is 20.6 Å². The molecular formula is C18H17FN4O. The lowest BCUT2D eigenvalue weighted by molar-refractivity contribution is 0.102. The number of nitrogens with one attached hydrogen (secondary N) is 3. The number of imidazole rings is 1. The number of anilines is 3. The largest absolute Gasteiger partial charge is 0.331 e. The van der Waals surface area contributed by atoms with Gasteiger partial charge in [0.2, 0.25) is 5.95 Å². The van der Waals surface area contributed by atoms with Gasteiger partial charge in [-0.2, -0.15) is 0 Å². The van der Waals surface area contributed by atoms with Gasteiger partial charge in [-0.25, -0.2) is 9.37 Å². The second-order valence-corrected chi connectivity index (χ2v) is 5.38. The molecule has 0 radical (unpaired) electrons. The molecular weight excluding hydrogens is 307 g/mol. The van der Waals surface area contributed by atoms with Crippen LogP contribution < -0.4 is 10.6 Å². The molecule has 5 nitrogen and oxygen atoms in total. The van der Waals surface area contributed by atoms with E-state index < -0.39 is 6.67 Å². The van der Waals surface area contributed by atoms with Gasteiger partial charge in [-0.1, -0.05) is 18.2 Å². The molecule has 0 saturated heterocycles. The number of aromatic nitrogens is 2. The minimum Gasteiger partial charge on any atom is -0.331 e. The van der Waals surface area contributed by atoms with Gasteiger partial charge in [0.25, 0.3) is 5.91 Å². The molecule has 3 N–H and O–H groups in total. The average molecular weight is 324 g/mol. The number of amides is 1. The number of carbonyl (C=O) groups is 1. The number of rotatable bonds is 5. The van der Waals surface area contributed by atoms with Gasteiger partial charge in [-0.15, -0.1) is 0 Å². The summed E-state index contributed by atoms with van der Waals surface area (Å²) in [5.41, 5.74) is 3.40. The molecule has 0 bridgehead atoms. The van der Waals surface area contributed by atoms with Crippen molar-refractivity contribution in [1.29, 1.82) is 0 Å². The zero-order valence-electron chi connectivity index (χ0n) is 13.1. The molecule has 6 heteroatoms. The van der Waals surface area contributed by atoms with Crippen molar-refractivity contribution in [3.05, 3.63) is 71.5 Å². The van der Waals surface area contributed by atoms with E-state index in [1.165, 1.54) is 0 Å². The lowest BCUT2D eigenvalue weighted by Crippen LogP contribution is -2.12. The van der Waals surface area contributed by atoms with E-state index in [1.807, 2.05) is 25.1 Å². The van der Waals surface area contributed by atoms with Crippen molar-refractivity contribution in [3.63, 3.8) is 0 Å². The van der Waals surface area contributed by atoms with Gasteiger partial charge in [-0.05, 0) is 42.3 Å². The van der Waals surface area contributed by atoms with Crippen molar-refractivity contribution in [1.82, 2.24) is 9.97 Å². The van der Waals surface area contributed by atoms with Crippen LogP contribution in [0.1, 0.15) is 21.5 Å². The predicted molar refractivity (Wildman–Crippen MR) is 92.3 cm³/mol. The molecule has 24 heavy (non-hydrogen) atoms. The van der Waals surface area contributed by atoms with E-state index in [0.717, 1.165) is 11.3 Å². The van der Waals surface area contributed by atoms with Gasteiger partial charge in [0, 0.05) is 29.3 Å². The quantitative estimate of drug-likeness (QED) is 0.659. The lowest BCUT2D eigenvalue weighted by atomic mass is 10.1. The topological polar surface area (TPSA) is 69.8 Å². The Morgan fingerprint density at radius 3 is 2.88 bits per heavy atom. The number of hydrogen-bond acceptors (Lipinski definition) is 3. The summed E-state index contributed by atoms with van der Waals surface area (Å²) in [5.74, 6) is 0.343. The van der Waals surface area contributed by atoms with Gasteiger partial charge in [0.1, 0.15) is 6.67 Å². The fraction of sp³-hybridized carbons (Fsp3) is 0.111. The Bertz CT molecular complexity index is 846. The second-order valence-electron chi connectivity index (χ2n) is 5.38. The maximum atomic E-state index is 12.7. The Kier molecular flexibility index (Phi) is 4.56. The Morgan fingerprint density at radius 1 is 1.25 bits per heavy atom. The van der Waals surface area contributed by atoms with Crippen LogP contribution in [0.2, 0.25) is 0 Å². The van der Waals surface area contributed by atoms with Crippen molar-refractivity contribution in [2.24, 2.45) is 0 Å². The molecule has 3 aromatic rings. The number of aryl methyl sites for hydroxylation is 1. The molecule has 1 amide bonds. The van der Waals surface area contributed by atoms with Crippen molar-refractivity contribution < 1.29 is 9.18 Å². The number of aromatic amines is 1. The second kappa shape index (κ2) is 6.95. The fourth-order valence-corrected chi connectivity index (χ4v) is 2.29. The maximum absolute atomic E-state index is 12.7. The summed E-state index contributed by atoms with van der Waals surface area (Å²) in [7, 11) is 0. The summed E-state index contributed by atoms with van der Waals surface area (Å²) in [6.07, 6.45) is 3.38. The number of nitrogens with zero attached hydrogens (tertiary/aromatic N) is 1. The highest BCUT2D eigenvalue weighted by Crippen LogP contribution is 2.23. The van der Waals surface area contributed by atoms with Gasteiger partial charge in [0.15, 0.2) is 0 Å². The highest BCUT2D eigenvalue weighted by Gasteiger charge is 2.09. The highest BCUT2D eigenvalue weighted by atomic mass is 19.1. The summed E-state index contributed by atoms with van der Waals surface area (Å²) in [6.45, 7) is 1.37. The molecule has 1 heterocycles. The van der Waals surface area contributed by atoms with Crippen LogP contribution in [0.25, 0.3) is 0 Å². The first kappa shape index (κ1) is 15.7. The third-order valence-corrected chi connectivity index (χ3v) is 3.59. The molecule has 0 unspecified atom stereocenters. The first-order valence-corrected chi connectivity index (χ1v) is 7.49. The zero-order valence-corrected chi connectivity index (χ0v) is 13.1. The van der Waals surface area contributed by atoms with E-state index in [-0.39, 0.29) is 5.91 Å². The first-order chi connectivity index (χ1) is 11.7. The number of H-pyrrole nitrogens is 1. The van der Waals surface area contributed by atoms with Gasteiger partial charge in [0.05, 0.1) is 0 Å². The molecule has 0 aliphatic carbocycles. The summed E-state index contributed by atoms with van der Waals surface area (Å²) in [6, 6.07) is 12.1. The molecule has 0 fully saturated rings. The van der Waals surface area contributed by atoms with Gasteiger partial charge in [-0.3, -0.25) is 4.79 Å². The summed E-state index contributed by atoms with van der Waals surface area (Å²) < 4.78 is 12.7. The Balaban J connectivity index is 1.78. The Morgan fingerprint density at radius 2 is 2.12 bits per heavy atom. The zero-order chi connectivity index (χ0) is 16.9. The van der Waals surface area contributed by atoms with Crippen molar-refractivity contribution in [3.8, 4) is 0 Å². The molecule has 0 aliphatic heterocycles. The van der Waals surface area contributed by atoms with Crippen LogP contribution >= 0.6 is 0 Å². The van der Waals surface area contributed by atoms with E-state index in [9.17, 15) is 9.18 Å². The summed E-state index contributed by atoms with van der Waals surface area (Å²) >= 11 is 0. The standard InChI is InChI=1S/C18H17FN4O/c1-12-5-6-15(10-16(12)23-18-20-7-8-21-18)22-17(24)14-4-2-3-13(9-14)11-19/h2-10H,11H2,1H3,(H,22,24)(H2,20,21,23). The van der Waals surface area contributed by atoms with E-state index in [1.54, 1.807) is 36.7 Å². The van der Waals surface area contributed by atoms with Crippen molar-refractivity contribution in [2.45, 2.75) is 13.6 Å². The third kappa shape index (κ3) is 3.60. The van der Waals surface area contributed by atoms with Crippen LogP contribution in [0, 0.1) is 6.92 Å². The molecule has 0 spiro atoms. The molecule has 0 atom stereocenters. The van der Waals surface area contributed by atoms with Gasteiger partial charge < -0.3 is 15.6 Å². The van der Waals surface area contributed by atoms with Crippen LogP contribution in [-0.4, -0.2) is 15.9 Å². The number of carbonyl (C=O) groups excluding carboxylic acids is 1. The number of hydrogen-bond donors (Lipinski definition) is 3. The van der Waals surface area contributed by atoms with E-state index in [0.29, 0.717) is 22.8 Å². The summed E-state index contributed by atoms with van der Waals surface area (Å²) in [5, 5.41) is 5.98. The number of alkyl halides is 1. The minimum absolute atomic E-state index is 0.280. The average Bonchev–Trinajstić information content (AvgIpc) is 3.11. The minimum atomic E-state index is -0.594. The van der Waals surface area contributed by atoms with Crippen molar-refractivity contribution in [2.75, 3.05) is 10.6 Å². The molecule has 1 aromatic heterocycles. The Labute approximate surface area is 138 Å². The number of benzene rings is 2. The monoisotopic (exact) mass is 324 g/mol. The van der Waals surface area contributed by atoms with Crippen molar-refractivity contribution >= 4 is 23.2 Å². The maximum Gasteiger partial charge on any atom is 0.255 e. The van der Waals surface area contributed by atoms with Crippen LogP contribution in [0.3, 0.4) is 0 Å². The van der Waals surface area contributed by atoms with Gasteiger partial charge >= 0.3 is 0 Å². The highest BCUT2D eigenvalue weighted by molar-refractivity contribution is 6.04. The first-order valence-electron chi connectivity index (χ1n) is 7.49. The number of halogens is 1. The molecule has 2 aromatic carbocycles. The predicted octanol–water partition coefficient (Wildman–Crippen LogP) is 4.18. The molecule has 122 valence electrons. The van der Waals surface area contributed by atoms with Crippen LogP contribution in [-0.2, 0) is 6.67 Å².